The average Bonchev–Trinajstić information content (AvgIpc) is 0.733. The molecule has 0 fully saturated rings. The van der Waals surface area contributed by atoms with Gasteiger partial charge in [0.2, 0.25) is 0 Å². The largest absolute Gasteiger partial charge is 0.507 e. The van der Waals surface area contributed by atoms with Crippen LogP contribution in [0.25, 0.3) is 108 Å². The third kappa shape index (κ3) is 17.8. The molecule has 0 aromatic heterocycles. The number of carboxylic acid groups (broad SMARTS) is 1. The number of rotatable bonds is 18. The summed E-state index contributed by atoms with van der Waals surface area (Å²) in [5, 5.41) is 57.2. The fourth-order valence-electron chi connectivity index (χ4n) is 14.3. The van der Waals surface area contributed by atoms with E-state index < -0.39 is 53.2 Å². The molecule has 0 spiro atoms. The van der Waals surface area contributed by atoms with Crippen molar-refractivity contribution < 1.29 is 86.0 Å². The summed E-state index contributed by atoms with van der Waals surface area (Å²) in [6.45, 7) is 21.8. The second kappa shape index (κ2) is 36.0. The molecule has 0 bridgehead atoms. The van der Waals surface area contributed by atoms with Crippen molar-refractivity contribution in [3.63, 3.8) is 0 Å². The van der Waals surface area contributed by atoms with E-state index in [1.54, 1.807) is 74.5 Å². The van der Waals surface area contributed by atoms with Crippen molar-refractivity contribution in [3.8, 4) is 5.75 Å². The van der Waals surface area contributed by atoms with Crippen molar-refractivity contribution in [1.82, 2.24) is 0 Å². The Morgan fingerprint density at radius 1 is 0.313 bits per heavy atom. The molecule has 0 aliphatic heterocycles. The van der Waals surface area contributed by atoms with E-state index >= 15 is 0 Å². The van der Waals surface area contributed by atoms with E-state index in [0.29, 0.717) is 27.1 Å². The van der Waals surface area contributed by atoms with Crippen molar-refractivity contribution in [2.75, 3.05) is 0 Å². The second-order valence-corrected chi connectivity index (χ2v) is 27.0. The smallest absolute Gasteiger partial charge is 0.421 e. The number of hydrogen-bond acceptors (Lipinski definition) is 14. The van der Waals surface area contributed by atoms with Gasteiger partial charge in [-0.15, -0.1) is 0 Å². The van der Waals surface area contributed by atoms with Gasteiger partial charge in [-0.05, 0) is 129 Å². The summed E-state index contributed by atoms with van der Waals surface area (Å²) in [6.07, 6.45) is 0.756. The number of alkyl halides is 3. The summed E-state index contributed by atoms with van der Waals surface area (Å²) in [4.78, 5) is 68.8. The number of benzene rings is 15. The van der Waals surface area contributed by atoms with E-state index in [1.807, 2.05) is 146 Å². The zero-order valence-corrected chi connectivity index (χ0v) is 63.0. The lowest BCUT2D eigenvalue weighted by Gasteiger charge is -2.30. The fourth-order valence-corrected chi connectivity index (χ4v) is 14.3. The molecule has 15 rings (SSSR count). The summed E-state index contributed by atoms with van der Waals surface area (Å²) in [5.41, 5.74) is 1.09. The Morgan fingerprint density at radius 3 is 0.757 bits per heavy atom. The maximum Gasteiger partial charge on any atom is 0.421 e. The number of aromatic hydroxyl groups is 1. The quantitative estimate of drug-likeness (QED) is 0.0271. The van der Waals surface area contributed by atoms with Gasteiger partial charge in [0.25, 0.3) is 0 Å². The highest BCUT2D eigenvalue weighted by molar-refractivity contribution is 6.18. The van der Waals surface area contributed by atoms with Gasteiger partial charge in [0.1, 0.15) is 38.8 Å². The Balaban J connectivity index is 0.000000142. The normalized spacial score (nSPS) is 11.7. The molecule has 1 atom stereocenters. The molecule has 0 saturated carbocycles. The first kappa shape index (κ1) is 81.9. The number of phenolic OH excluding ortho intramolecular Hbond substituents is 1. The highest BCUT2D eigenvalue weighted by Crippen LogP contribution is 2.47. The van der Waals surface area contributed by atoms with Crippen LogP contribution in [0.15, 0.2) is 312 Å². The van der Waals surface area contributed by atoms with Crippen molar-refractivity contribution >= 4 is 144 Å². The van der Waals surface area contributed by atoms with Crippen LogP contribution in [0.2, 0.25) is 0 Å². The van der Waals surface area contributed by atoms with Crippen LogP contribution in [0.1, 0.15) is 70.1 Å². The molecular formula is C97H79F3O15. The molecule has 1 unspecified atom stereocenters. The molecule has 0 heterocycles. The molecule has 0 aliphatic carbocycles. The minimum atomic E-state index is -4.87. The number of aromatic carboxylic acids is 1. The fraction of sp³-hybridized carbons (Fsp3) is 0.113. The second-order valence-electron chi connectivity index (χ2n) is 27.0. The molecule has 0 saturated heterocycles. The Kier molecular flexibility index (Phi) is 25.6. The predicted molar refractivity (Wildman–Crippen MR) is 447 cm³/mol. The zero-order chi connectivity index (χ0) is 82.3. The Morgan fingerprint density at radius 2 is 0.513 bits per heavy atom. The van der Waals surface area contributed by atoms with Gasteiger partial charge in [-0.1, -0.05) is 276 Å². The third-order valence-electron chi connectivity index (χ3n) is 19.5. The predicted octanol–water partition coefficient (Wildman–Crippen LogP) is 21.5. The van der Waals surface area contributed by atoms with Gasteiger partial charge in [0.15, 0.2) is 5.60 Å². The Labute approximate surface area is 659 Å². The van der Waals surface area contributed by atoms with E-state index in [-0.39, 0.29) is 60.7 Å². The van der Waals surface area contributed by atoms with Crippen LogP contribution in [0.5, 0.6) is 5.75 Å². The number of carbonyl (C=O) groups excluding carboxylic acids is 5. The number of carbonyl (C=O) groups is 6. The molecule has 0 amide bonds. The Hall–Kier alpha value is -14.1. The summed E-state index contributed by atoms with van der Waals surface area (Å²) in [6, 6.07) is 76.7. The van der Waals surface area contributed by atoms with Crippen molar-refractivity contribution in [2.24, 2.45) is 0 Å². The number of esters is 5. The topological polar surface area (TPSA) is 229 Å². The number of fused-ring (bicyclic) bond motifs is 10. The first-order valence-corrected chi connectivity index (χ1v) is 36.3. The van der Waals surface area contributed by atoms with Gasteiger partial charge in [-0.25, -0.2) is 28.8 Å². The molecule has 15 nitrogen and oxygen atoms in total. The molecular weight excluding hydrogens is 1460 g/mol. The van der Waals surface area contributed by atoms with Crippen LogP contribution in [0.3, 0.4) is 0 Å². The van der Waals surface area contributed by atoms with E-state index in [9.17, 15) is 62.4 Å². The van der Waals surface area contributed by atoms with E-state index in [4.69, 9.17) is 23.7 Å². The molecule has 115 heavy (non-hydrogen) atoms. The highest BCUT2D eigenvalue weighted by atomic mass is 19.4. The minimum Gasteiger partial charge on any atom is -0.507 e. The Bertz CT molecular complexity index is 6060. The standard InChI is InChI=1S/C21H17F3O3.C21H20O3.C19H14O4.C18H14O3.C18H14O2/c1-3-18(25)27-12-17-13-8-4-6-10-15(13)19(20(2,26)21(22,23)24)16-11-7-5-9-14(16)17;1-4-19(22)24-13-18-14-9-5-7-11-16(14)20(21(2,3)23)17-12-8-6-10-15(17)18;1-2-17(20)23-11-16-12-7-3-5-9-14(12)18(19(21)22)15-10-6-4-8-13(15)16;1-2-17(19)21-11-16-12-7-3-5-9-14(12)18(20)15-10-6-4-8-13(15)16;1-2-18(19)20-12-17-15-9-5-3-7-13(15)11-14-8-4-6-10-16(14)17/h3-11,26H,1,12H2,2H3;4-12,23H,1,13H2,2-3H3;2-10H,1,11H2,(H,21,22);2-10,20H,1,11H2;2-11H,1,12H2. The molecule has 4 N–H and O–H groups in total. The van der Waals surface area contributed by atoms with Crippen LogP contribution in [0.4, 0.5) is 13.2 Å². The van der Waals surface area contributed by atoms with Crippen molar-refractivity contribution in [1.29, 1.82) is 0 Å². The van der Waals surface area contributed by atoms with E-state index in [0.717, 1.165) is 134 Å². The maximum atomic E-state index is 13.6. The zero-order valence-electron chi connectivity index (χ0n) is 63.0. The molecule has 0 radical (unpaired) electrons. The van der Waals surface area contributed by atoms with Crippen molar-refractivity contribution in [3.05, 3.63) is 357 Å². The van der Waals surface area contributed by atoms with Crippen LogP contribution in [-0.2, 0) is 91.9 Å². The van der Waals surface area contributed by atoms with Crippen LogP contribution in [0, 0.1) is 0 Å². The van der Waals surface area contributed by atoms with Crippen LogP contribution < -0.4 is 0 Å². The average molecular weight is 1540 g/mol. The summed E-state index contributed by atoms with van der Waals surface area (Å²) < 4.78 is 67.0. The molecule has 15 aromatic carbocycles. The third-order valence-corrected chi connectivity index (χ3v) is 19.5. The van der Waals surface area contributed by atoms with Crippen molar-refractivity contribution in [2.45, 2.75) is 71.2 Å². The van der Waals surface area contributed by atoms with Crippen LogP contribution >= 0.6 is 0 Å². The monoisotopic (exact) mass is 1540 g/mol. The summed E-state index contributed by atoms with van der Waals surface area (Å²) >= 11 is 0. The number of phenols is 1. The number of halogens is 3. The lowest BCUT2D eigenvalue weighted by Crippen LogP contribution is -2.39. The SMILES string of the molecule is C=CC(=O)OCc1c2ccccc2c(C(=O)O)c2ccccc12.C=CC(=O)OCc1c2ccccc2c(C(C)(C)O)c2ccccc12.C=CC(=O)OCc1c2ccccc2c(C(C)(O)C(F)(F)F)c2ccccc12.C=CC(=O)OCc1c2ccccc2c(O)c2ccccc12.C=CC(=O)OCc1c2ccccc2cc2ccccc12. The van der Waals surface area contributed by atoms with Gasteiger partial charge >= 0.3 is 42.0 Å². The highest BCUT2D eigenvalue weighted by Gasteiger charge is 2.53. The molecule has 15 aromatic rings. The minimum absolute atomic E-state index is 0.0613. The van der Waals surface area contributed by atoms with Gasteiger partial charge < -0.3 is 44.1 Å². The molecule has 578 valence electrons. The van der Waals surface area contributed by atoms with E-state index in [2.05, 4.69) is 63.2 Å². The lowest BCUT2D eigenvalue weighted by atomic mass is 9.83. The first-order chi connectivity index (χ1) is 55.3. The number of aliphatic hydroxyl groups is 2. The maximum absolute atomic E-state index is 13.6. The number of ether oxygens (including phenoxy) is 5. The van der Waals surface area contributed by atoms with Gasteiger partial charge in [0, 0.05) is 74.5 Å². The van der Waals surface area contributed by atoms with E-state index in [1.165, 1.54) is 18.2 Å². The summed E-state index contributed by atoms with van der Waals surface area (Å²) in [7, 11) is 0. The van der Waals surface area contributed by atoms with Crippen LogP contribution in [-0.4, -0.2) is 62.4 Å². The van der Waals surface area contributed by atoms with Gasteiger partial charge in [-0.3, -0.25) is 0 Å². The molecule has 18 heteroatoms. The number of hydrogen-bond donors (Lipinski definition) is 4. The van der Waals surface area contributed by atoms with Gasteiger partial charge in [0.05, 0.1) is 11.2 Å². The first-order valence-electron chi connectivity index (χ1n) is 36.3. The number of carboxylic acids is 1. The van der Waals surface area contributed by atoms with Gasteiger partial charge in [-0.2, -0.15) is 13.2 Å². The summed E-state index contributed by atoms with van der Waals surface area (Å²) in [5.74, 6) is -3.19. The lowest BCUT2D eigenvalue weighted by molar-refractivity contribution is -0.257. The molecule has 0 aliphatic rings.